The van der Waals surface area contributed by atoms with Crippen LogP contribution in [0.25, 0.3) is 5.69 Å². The Hall–Kier alpha value is -1.16. The van der Waals surface area contributed by atoms with Crippen LogP contribution in [0.3, 0.4) is 0 Å². The Morgan fingerprint density at radius 1 is 1.31 bits per heavy atom. The van der Waals surface area contributed by atoms with Crippen LogP contribution in [0.5, 0.6) is 0 Å². The SMILES string of the molecule is Cc1ccc(C)c(-n2cc(CCBr)nn2)c1. The van der Waals surface area contributed by atoms with Crippen LogP contribution in [0, 0.1) is 13.8 Å². The smallest absolute Gasteiger partial charge is 0.0840 e. The predicted octanol–water partition coefficient (Wildman–Crippen LogP) is 2.82. The summed E-state index contributed by atoms with van der Waals surface area (Å²) in [5.74, 6) is 0. The van der Waals surface area contributed by atoms with Crippen molar-refractivity contribution in [2.75, 3.05) is 5.33 Å². The summed E-state index contributed by atoms with van der Waals surface area (Å²) in [7, 11) is 0. The van der Waals surface area contributed by atoms with Crippen LogP contribution in [0.1, 0.15) is 16.8 Å². The second kappa shape index (κ2) is 4.78. The topological polar surface area (TPSA) is 30.7 Å². The van der Waals surface area contributed by atoms with E-state index in [2.05, 4.69) is 58.3 Å². The van der Waals surface area contributed by atoms with E-state index in [1.54, 1.807) is 0 Å². The molecule has 0 bridgehead atoms. The third kappa shape index (κ3) is 2.32. The van der Waals surface area contributed by atoms with Gasteiger partial charge < -0.3 is 0 Å². The van der Waals surface area contributed by atoms with E-state index in [9.17, 15) is 0 Å². The van der Waals surface area contributed by atoms with Gasteiger partial charge in [-0.1, -0.05) is 33.3 Å². The molecule has 0 amide bonds. The van der Waals surface area contributed by atoms with Crippen LogP contribution in [0.2, 0.25) is 0 Å². The minimum atomic E-state index is 0.908. The molecule has 0 aliphatic heterocycles. The number of benzene rings is 1. The molecule has 0 spiro atoms. The number of hydrogen-bond acceptors (Lipinski definition) is 2. The molecule has 16 heavy (non-hydrogen) atoms. The summed E-state index contributed by atoms with van der Waals surface area (Å²) >= 11 is 3.40. The minimum absolute atomic E-state index is 0.908. The molecule has 1 heterocycles. The van der Waals surface area contributed by atoms with Gasteiger partial charge in [-0.05, 0) is 31.0 Å². The number of aromatic nitrogens is 3. The highest BCUT2D eigenvalue weighted by Gasteiger charge is 2.05. The number of rotatable bonds is 3. The molecular formula is C12H14BrN3. The minimum Gasteiger partial charge on any atom is -0.220 e. The fourth-order valence-corrected chi connectivity index (χ4v) is 2.00. The number of nitrogens with zero attached hydrogens (tertiary/aromatic N) is 3. The van der Waals surface area contributed by atoms with Crippen LogP contribution in [-0.2, 0) is 6.42 Å². The number of hydrogen-bond donors (Lipinski definition) is 0. The van der Waals surface area contributed by atoms with E-state index >= 15 is 0 Å². The Labute approximate surface area is 104 Å². The lowest BCUT2D eigenvalue weighted by Gasteiger charge is -2.05. The van der Waals surface area contributed by atoms with E-state index < -0.39 is 0 Å². The molecule has 1 aromatic heterocycles. The van der Waals surface area contributed by atoms with Crippen LogP contribution in [0.4, 0.5) is 0 Å². The molecule has 1 aromatic carbocycles. The largest absolute Gasteiger partial charge is 0.220 e. The van der Waals surface area contributed by atoms with Gasteiger partial charge in [0.25, 0.3) is 0 Å². The maximum Gasteiger partial charge on any atom is 0.0840 e. The quantitative estimate of drug-likeness (QED) is 0.809. The average molecular weight is 280 g/mol. The van der Waals surface area contributed by atoms with Gasteiger partial charge in [-0.2, -0.15) is 0 Å². The zero-order chi connectivity index (χ0) is 11.5. The van der Waals surface area contributed by atoms with Gasteiger partial charge in [-0.15, -0.1) is 5.10 Å². The highest BCUT2D eigenvalue weighted by Crippen LogP contribution is 2.15. The fraction of sp³-hybridized carbons (Fsp3) is 0.333. The van der Waals surface area contributed by atoms with Gasteiger partial charge in [0.15, 0.2) is 0 Å². The Balaban J connectivity index is 2.38. The van der Waals surface area contributed by atoms with E-state index in [0.717, 1.165) is 23.1 Å². The second-order valence-corrected chi connectivity index (χ2v) is 4.68. The summed E-state index contributed by atoms with van der Waals surface area (Å²) in [5.41, 5.74) is 4.56. The summed E-state index contributed by atoms with van der Waals surface area (Å²) < 4.78 is 1.85. The van der Waals surface area contributed by atoms with Gasteiger partial charge >= 0.3 is 0 Å². The van der Waals surface area contributed by atoms with Gasteiger partial charge in [0.2, 0.25) is 0 Å². The van der Waals surface area contributed by atoms with Crippen molar-refractivity contribution in [3.05, 3.63) is 41.2 Å². The molecule has 0 saturated heterocycles. The Morgan fingerprint density at radius 2 is 2.12 bits per heavy atom. The van der Waals surface area contributed by atoms with Crippen molar-refractivity contribution in [3.63, 3.8) is 0 Å². The Morgan fingerprint density at radius 3 is 2.88 bits per heavy atom. The number of alkyl halides is 1. The maximum atomic E-state index is 4.15. The third-order valence-corrected chi connectivity index (χ3v) is 2.90. The van der Waals surface area contributed by atoms with Crippen molar-refractivity contribution in [2.24, 2.45) is 0 Å². The lowest BCUT2D eigenvalue weighted by atomic mass is 10.1. The molecule has 3 nitrogen and oxygen atoms in total. The lowest BCUT2D eigenvalue weighted by molar-refractivity contribution is 0.793. The molecule has 0 aliphatic carbocycles. The first-order valence-electron chi connectivity index (χ1n) is 5.25. The molecule has 2 aromatic rings. The third-order valence-electron chi connectivity index (χ3n) is 2.50. The zero-order valence-corrected chi connectivity index (χ0v) is 11.0. The highest BCUT2D eigenvalue weighted by molar-refractivity contribution is 9.09. The van der Waals surface area contributed by atoms with Gasteiger partial charge in [0.1, 0.15) is 0 Å². The molecule has 0 fully saturated rings. The van der Waals surface area contributed by atoms with E-state index in [1.807, 2.05) is 10.9 Å². The first kappa shape index (κ1) is 11.3. The van der Waals surface area contributed by atoms with E-state index in [1.165, 1.54) is 11.1 Å². The van der Waals surface area contributed by atoms with Crippen LogP contribution in [-0.4, -0.2) is 20.3 Å². The summed E-state index contributed by atoms with van der Waals surface area (Å²) in [6.45, 7) is 4.17. The van der Waals surface area contributed by atoms with Gasteiger partial charge in [-0.3, -0.25) is 0 Å². The molecule has 0 saturated carbocycles. The van der Waals surface area contributed by atoms with Crippen molar-refractivity contribution < 1.29 is 0 Å². The van der Waals surface area contributed by atoms with Crippen molar-refractivity contribution in [3.8, 4) is 5.69 Å². The standard InChI is InChI=1S/C12H14BrN3/c1-9-3-4-10(2)12(7-9)16-8-11(5-6-13)14-15-16/h3-4,7-8H,5-6H2,1-2H3. The summed E-state index contributed by atoms with van der Waals surface area (Å²) in [5, 5.41) is 9.20. The first-order chi connectivity index (χ1) is 7.70. The molecule has 84 valence electrons. The van der Waals surface area contributed by atoms with Gasteiger partial charge in [0.05, 0.1) is 17.6 Å². The number of halogens is 1. The van der Waals surface area contributed by atoms with Crippen molar-refractivity contribution in [1.82, 2.24) is 15.0 Å². The first-order valence-corrected chi connectivity index (χ1v) is 6.37. The van der Waals surface area contributed by atoms with Crippen LogP contribution < -0.4 is 0 Å². The van der Waals surface area contributed by atoms with E-state index in [0.29, 0.717) is 0 Å². The second-order valence-electron chi connectivity index (χ2n) is 3.88. The summed E-state index contributed by atoms with van der Waals surface area (Å²) in [4.78, 5) is 0. The van der Waals surface area contributed by atoms with E-state index in [-0.39, 0.29) is 0 Å². The molecular weight excluding hydrogens is 266 g/mol. The molecule has 0 unspecified atom stereocenters. The van der Waals surface area contributed by atoms with Crippen molar-refractivity contribution >= 4 is 15.9 Å². The van der Waals surface area contributed by atoms with Crippen LogP contribution in [0.15, 0.2) is 24.4 Å². The zero-order valence-electron chi connectivity index (χ0n) is 9.44. The van der Waals surface area contributed by atoms with Crippen molar-refractivity contribution in [1.29, 1.82) is 0 Å². The average Bonchev–Trinajstić information content (AvgIpc) is 2.71. The summed E-state index contributed by atoms with van der Waals surface area (Å²) in [6.07, 6.45) is 2.90. The molecule has 4 heteroatoms. The van der Waals surface area contributed by atoms with Crippen LogP contribution >= 0.6 is 15.9 Å². The molecule has 2 rings (SSSR count). The van der Waals surface area contributed by atoms with Crippen molar-refractivity contribution in [2.45, 2.75) is 20.3 Å². The maximum absolute atomic E-state index is 4.15. The number of aryl methyl sites for hydroxylation is 3. The molecule has 0 N–H and O–H groups in total. The normalized spacial score (nSPS) is 10.7. The highest BCUT2D eigenvalue weighted by atomic mass is 79.9. The fourth-order valence-electron chi connectivity index (χ4n) is 1.59. The Bertz CT molecular complexity index is 491. The lowest BCUT2D eigenvalue weighted by Crippen LogP contribution is -1.98. The predicted molar refractivity (Wildman–Crippen MR) is 68.3 cm³/mol. The monoisotopic (exact) mass is 279 g/mol. The van der Waals surface area contributed by atoms with Gasteiger partial charge in [0, 0.05) is 11.8 Å². The summed E-state index contributed by atoms with van der Waals surface area (Å²) in [6, 6.07) is 6.34. The molecule has 0 atom stereocenters. The molecule has 0 aliphatic rings. The van der Waals surface area contributed by atoms with Gasteiger partial charge in [-0.25, -0.2) is 4.68 Å². The van der Waals surface area contributed by atoms with E-state index in [4.69, 9.17) is 0 Å². The Kier molecular flexibility index (Phi) is 3.39. The molecule has 0 radical (unpaired) electrons.